The highest BCUT2D eigenvalue weighted by Crippen LogP contribution is 2.29. The smallest absolute Gasteiger partial charge is 0.273 e. The third kappa shape index (κ3) is 3.34. The number of rotatable bonds is 4. The van der Waals surface area contributed by atoms with Crippen LogP contribution in [0, 0.1) is 0 Å². The lowest BCUT2D eigenvalue weighted by Crippen LogP contribution is -2.16. The number of ether oxygens (including phenoxy) is 1. The molecule has 9 heteroatoms. The van der Waals surface area contributed by atoms with Gasteiger partial charge in [-0.25, -0.2) is 8.42 Å². The van der Waals surface area contributed by atoms with Gasteiger partial charge in [-0.15, -0.1) is 0 Å². The summed E-state index contributed by atoms with van der Waals surface area (Å²) in [5.41, 5.74) is 0.613. The average Bonchev–Trinajstić information content (AvgIpc) is 2.84. The zero-order valence-electron chi connectivity index (χ0n) is 11.2. The van der Waals surface area contributed by atoms with Gasteiger partial charge in [0.25, 0.3) is 15.0 Å². The van der Waals surface area contributed by atoms with Crippen molar-refractivity contribution in [3.05, 3.63) is 36.2 Å². The van der Waals surface area contributed by atoms with Crippen LogP contribution >= 0.6 is 10.7 Å². The van der Waals surface area contributed by atoms with Crippen molar-refractivity contribution in [3.8, 4) is 5.75 Å². The van der Waals surface area contributed by atoms with Crippen LogP contribution in [0.3, 0.4) is 0 Å². The van der Waals surface area contributed by atoms with Crippen LogP contribution in [0.15, 0.2) is 35.4 Å². The first-order valence-corrected chi connectivity index (χ1v) is 8.06. The molecule has 112 valence electrons. The molecule has 0 bridgehead atoms. The van der Waals surface area contributed by atoms with Gasteiger partial charge in [0, 0.05) is 29.6 Å². The number of benzene rings is 1. The zero-order valence-corrected chi connectivity index (χ0v) is 12.8. The second-order valence-corrected chi connectivity index (χ2v) is 6.63. The van der Waals surface area contributed by atoms with Crippen LogP contribution < -0.4 is 10.1 Å². The maximum atomic E-state index is 12.0. The monoisotopic (exact) mass is 329 g/mol. The third-order valence-electron chi connectivity index (χ3n) is 2.74. The molecule has 0 atom stereocenters. The van der Waals surface area contributed by atoms with Crippen molar-refractivity contribution in [1.82, 2.24) is 9.78 Å². The Hall–Kier alpha value is -2.06. The number of carbonyl (C=O) groups excluding carboxylic acids is 1. The Morgan fingerprint density at radius 1 is 1.38 bits per heavy atom. The number of aryl methyl sites for hydroxylation is 1. The summed E-state index contributed by atoms with van der Waals surface area (Å²) in [6, 6.07) is 5.69. The van der Waals surface area contributed by atoms with E-state index in [2.05, 4.69) is 10.4 Å². The number of halogens is 1. The molecule has 1 aromatic carbocycles. The topological polar surface area (TPSA) is 90.3 Å². The van der Waals surface area contributed by atoms with Crippen molar-refractivity contribution in [2.45, 2.75) is 4.90 Å². The second-order valence-electron chi connectivity index (χ2n) is 4.10. The molecular weight excluding hydrogens is 318 g/mol. The molecule has 1 heterocycles. The maximum Gasteiger partial charge on any atom is 0.273 e. The van der Waals surface area contributed by atoms with Gasteiger partial charge in [-0.3, -0.25) is 9.48 Å². The average molecular weight is 330 g/mol. The summed E-state index contributed by atoms with van der Waals surface area (Å²) >= 11 is 0. The Morgan fingerprint density at radius 3 is 2.62 bits per heavy atom. The van der Waals surface area contributed by atoms with E-state index in [1.54, 1.807) is 7.05 Å². The SMILES string of the molecule is COc1ccc(NC(=O)c2ccnn2C)cc1S(=O)(=O)Cl. The number of amides is 1. The fraction of sp³-hybridized carbons (Fsp3) is 0.167. The predicted octanol–water partition coefficient (Wildman–Crippen LogP) is 1.61. The predicted molar refractivity (Wildman–Crippen MR) is 77.2 cm³/mol. The van der Waals surface area contributed by atoms with Gasteiger partial charge in [0.05, 0.1) is 7.11 Å². The van der Waals surface area contributed by atoms with Gasteiger partial charge < -0.3 is 10.1 Å². The van der Waals surface area contributed by atoms with Crippen molar-refractivity contribution in [3.63, 3.8) is 0 Å². The minimum Gasteiger partial charge on any atom is -0.495 e. The number of anilines is 1. The molecule has 0 aliphatic heterocycles. The van der Waals surface area contributed by atoms with E-state index in [1.807, 2.05) is 0 Å². The number of aromatic nitrogens is 2. The van der Waals surface area contributed by atoms with E-state index in [0.29, 0.717) is 5.69 Å². The second kappa shape index (κ2) is 5.74. The number of hydrogen-bond donors (Lipinski definition) is 1. The molecule has 0 fully saturated rings. The molecule has 0 aliphatic carbocycles. The maximum absolute atomic E-state index is 12.0. The summed E-state index contributed by atoms with van der Waals surface area (Å²) < 4.78 is 29.3. The molecule has 0 aliphatic rings. The molecule has 0 saturated heterocycles. The van der Waals surface area contributed by atoms with Gasteiger partial charge in [-0.2, -0.15) is 5.10 Å². The quantitative estimate of drug-likeness (QED) is 0.861. The summed E-state index contributed by atoms with van der Waals surface area (Å²) in [5.74, 6) is -0.318. The van der Waals surface area contributed by atoms with Crippen molar-refractivity contribution in [2.24, 2.45) is 7.05 Å². The van der Waals surface area contributed by atoms with Gasteiger partial charge in [0.15, 0.2) is 0 Å². The minimum atomic E-state index is -3.99. The Morgan fingerprint density at radius 2 is 2.10 bits per heavy atom. The highest BCUT2D eigenvalue weighted by Gasteiger charge is 2.18. The lowest BCUT2D eigenvalue weighted by atomic mass is 10.3. The number of nitrogens with zero attached hydrogens (tertiary/aromatic N) is 2. The van der Waals surface area contributed by atoms with Gasteiger partial charge in [0.2, 0.25) is 0 Å². The van der Waals surface area contributed by atoms with E-state index >= 15 is 0 Å². The molecule has 2 rings (SSSR count). The van der Waals surface area contributed by atoms with Gasteiger partial charge in [-0.1, -0.05) is 0 Å². The number of methoxy groups -OCH3 is 1. The van der Waals surface area contributed by atoms with E-state index in [9.17, 15) is 13.2 Å². The van der Waals surface area contributed by atoms with Crippen LogP contribution in [0.2, 0.25) is 0 Å². The highest BCUT2D eigenvalue weighted by molar-refractivity contribution is 8.13. The molecule has 0 radical (unpaired) electrons. The lowest BCUT2D eigenvalue weighted by molar-refractivity contribution is 0.101. The molecule has 0 spiro atoms. The Bertz CT molecular complexity index is 786. The molecule has 1 N–H and O–H groups in total. The van der Waals surface area contributed by atoms with Crippen molar-refractivity contribution in [1.29, 1.82) is 0 Å². The highest BCUT2D eigenvalue weighted by atomic mass is 35.7. The van der Waals surface area contributed by atoms with Crippen LogP contribution in [0.1, 0.15) is 10.5 Å². The normalized spacial score (nSPS) is 11.2. The summed E-state index contributed by atoms with van der Waals surface area (Å²) in [4.78, 5) is 11.8. The molecule has 1 aromatic heterocycles. The van der Waals surface area contributed by atoms with Crippen LogP contribution in [-0.4, -0.2) is 31.2 Å². The Balaban J connectivity index is 2.34. The van der Waals surface area contributed by atoms with Crippen LogP contribution in [0.4, 0.5) is 5.69 Å². The molecule has 1 amide bonds. The summed E-state index contributed by atoms with van der Waals surface area (Å²) in [6.07, 6.45) is 1.48. The number of nitrogens with one attached hydrogen (secondary N) is 1. The largest absolute Gasteiger partial charge is 0.495 e. The van der Waals surface area contributed by atoms with Gasteiger partial charge in [-0.05, 0) is 24.3 Å². The van der Waals surface area contributed by atoms with E-state index in [4.69, 9.17) is 15.4 Å². The summed E-state index contributed by atoms with van der Waals surface area (Å²) in [6.45, 7) is 0. The van der Waals surface area contributed by atoms with E-state index < -0.39 is 15.0 Å². The molecule has 0 saturated carbocycles. The van der Waals surface area contributed by atoms with E-state index in [1.165, 1.54) is 42.3 Å². The fourth-order valence-corrected chi connectivity index (χ4v) is 2.76. The molecular formula is C12H12ClN3O4S. The fourth-order valence-electron chi connectivity index (χ4n) is 1.74. The zero-order chi connectivity index (χ0) is 15.6. The summed E-state index contributed by atoms with van der Waals surface area (Å²) in [5, 5.41) is 6.45. The number of hydrogen-bond acceptors (Lipinski definition) is 5. The first-order valence-electron chi connectivity index (χ1n) is 5.75. The van der Waals surface area contributed by atoms with Crippen LogP contribution in [0.25, 0.3) is 0 Å². The Labute approximate surface area is 125 Å². The lowest BCUT2D eigenvalue weighted by Gasteiger charge is -2.09. The molecule has 2 aromatic rings. The minimum absolute atomic E-state index is 0.100. The standard InChI is InChI=1S/C12H12ClN3O4S/c1-16-9(5-6-14-16)12(17)15-8-3-4-10(20-2)11(7-8)21(13,18)19/h3-7H,1-2H3,(H,15,17). The first kappa shape index (κ1) is 15.3. The molecule has 7 nitrogen and oxygen atoms in total. The van der Waals surface area contributed by atoms with Crippen LogP contribution in [0.5, 0.6) is 5.75 Å². The molecule has 0 unspecified atom stereocenters. The molecule has 21 heavy (non-hydrogen) atoms. The van der Waals surface area contributed by atoms with Gasteiger partial charge in [0.1, 0.15) is 16.3 Å². The van der Waals surface area contributed by atoms with Gasteiger partial charge >= 0.3 is 0 Å². The first-order chi connectivity index (χ1) is 9.82. The van der Waals surface area contributed by atoms with E-state index in [-0.39, 0.29) is 16.3 Å². The third-order valence-corrected chi connectivity index (χ3v) is 4.08. The van der Waals surface area contributed by atoms with E-state index in [0.717, 1.165) is 0 Å². The Kier molecular flexibility index (Phi) is 4.19. The van der Waals surface area contributed by atoms with Crippen molar-refractivity contribution < 1.29 is 17.9 Å². The summed E-state index contributed by atoms with van der Waals surface area (Å²) in [7, 11) is 4.30. The van der Waals surface area contributed by atoms with Crippen molar-refractivity contribution >= 4 is 31.3 Å². The van der Waals surface area contributed by atoms with Crippen LogP contribution in [-0.2, 0) is 16.1 Å². The van der Waals surface area contributed by atoms with Crippen molar-refractivity contribution in [2.75, 3.05) is 12.4 Å². The number of carbonyl (C=O) groups is 1.